The molecule has 26 heavy (non-hydrogen) atoms. The van der Waals surface area contributed by atoms with Gasteiger partial charge in [0.2, 0.25) is 0 Å². The van der Waals surface area contributed by atoms with Crippen LogP contribution in [-0.4, -0.2) is 30.2 Å². The Kier molecular flexibility index (Phi) is 5.78. The van der Waals surface area contributed by atoms with E-state index in [4.69, 9.17) is 4.74 Å². The predicted octanol–water partition coefficient (Wildman–Crippen LogP) is 4.27. The molecule has 0 N–H and O–H groups in total. The minimum Gasteiger partial charge on any atom is -0.457 e. The van der Waals surface area contributed by atoms with Crippen molar-refractivity contribution in [2.45, 2.75) is 24.3 Å². The molecule has 2 aromatic rings. The van der Waals surface area contributed by atoms with Crippen LogP contribution in [0.25, 0.3) is 0 Å². The van der Waals surface area contributed by atoms with Crippen LogP contribution in [0.1, 0.15) is 28.8 Å². The first kappa shape index (κ1) is 18.3. The number of nitro benzene ring substituents is 1. The Morgan fingerprint density at radius 2 is 1.88 bits per heavy atom. The maximum atomic E-state index is 12.3. The molecule has 2 aromatic carbocycles. The second-order valence-corrected chi connectivity index (χ2v) is 6.96. The van der Waals surface area contributed by atoms with Crippen molar-refractivity contribution in [1.29, 1.82) is 0 Å². The summed E-state index contributed by atoms with van der Waals surface area (Å²) in [5, 5.41) is 11.4. The van der Waals surface area contributed by atoms with Crippen molar-refractivity contribution < 1.29 is 14.5 Å². The van der Waals surface area contributed by atoms with Crippen LogP contribution < -0.4 is 4.90 Å². The molecule has 0 unspecified atom stereocenters. The highest BCUT2D eigenvalue weighted by Crippen LogP contribution is 2.32. The Hall–Kier alpha value is -2.54. The summed E-state index contributed by atoms with van der Waals surface area (Å²) in [6.45, 7) is 1.74. The second kappa shape index (κ2) is 8.23. The number of esters is 1. The molecule has 1 aliphatic heterocycles. The average Bonchev–Trinajstić information content (AvgIpc) is 3.20. The molecule has 136 valence electrons. The molecule has 0 aliphatic carbocycles. The van der Waals surface area contributed by atoms with Gasteiger partial charge in [-0.1, -0.05) is 12.1 Å². The zero-order chi connectivity index (χ0) is 18.5. The van der Waals surface area contributed by atoms with Crippen LogP contribution in [0.2, 0.25) is 0 Å². The molecule has 6 nitrogen and oxygen atoms in total. The molecule has 0 amide bonds. The van der Waals surface area contributed by atoms with E-state index in [0.717, 1.165) is 36.4 Å². The molecule has 0 spiro atoms. The monoisotopic (exact) mass is 372 g/mol. The van der Waals surface area contributed by atoms with Gasteiger partial charge >= 0.3 is 5.97 Å². The molecule has 1 aliphatic rings. The lowest BCUT2D eigenvalue weighted by atomic mass is 10.1. The Morgan fingerprint density at radius 1 is 1.19 bits per heavy atom. The van der Waals surface area contributed by atoms with Crippen molar-refractivity contribution in [3.05, 3.63) is 63.7 Å². The van der Waals surface area contributed by atoms with Crippen LogP contribution in [0.5, 0.6) is 0 Å². The highest BCUT2D eigenvalue weighted by molar-refractivity contribution is 7.98. The Morgan fingerprint density at radius 3 is 2.50 bits per heavy atom. The molecule has 1 fully saturated rings. The maximum absolute atomic E-state index is 12.3. The summed E-state index contributed by atoms with van der Waals surface area (Å²) in [6.07, 6.45) is 4.04. The Labute approximate surface area is 156 Å². The van der Waals surface area contributed by atoms with Gasteiger partial charge in [-0.15, -0.1) is 11.8 Å². The molecular formula is C19H20N2O4S. The Balaban J connectivity index is 1.72. The van der Waals surface area contributed by atoms with Gasteiger partial charge in [-0.05, 0) is 48.9 Å². The molecule has 0 atom stereocenters. The van der Waals surface area contributed by atoms with E-state index < -0.39 is 10.9 Å². The number of thioether (sulfide) groups is 1. The van der Waals surface area contributed by atoms with Crippen molar-refractivity contribution in [2.24, 2.45) is 0 Å². The zero-order valence-electron chi connectivity index (χ0n) is 14.5. The molecule has 1 heterocycles. The van der Waals surface area contributed by atoms with Crippen LogP contribution in [0.3, 0.4) is 0 Å². The summed E-state index contributed by atoms with van der Waals surface area (Å²) < 4.78 is 5.31. The molecular weight excluding hydrogens is 352 g/mol. The summed E-state index contributed by atoms with van der Waals surface area (Å²) in [4.78, 5) is 26.4. The van der Waals surface area contributed by atoms with Crippen molar-refractivity contribution in [1.82, 2.24) is 0 Å². The predicted molar refractivity (Wildman–Crippen MR) is 102 cm³/mol. The lowest BCUT2D eigenvalue weighted by Crippen LogP contribution is -2.19. The van der Waals surface area contributed by atoms with E-state index in [9.17, 15) is 14.9 Å². The number of carbonyl (C=O) groups is 1. The van der Waals surface area contributed by atoms with Crippen LogP contribution in [0, 0.1) is 10.1 Å². The molecule has 1 saturated heterocycles. The largest absolute Gasteiger partial charge is 0.457 e. The standard InChI is InChI=1S/C19H20N2O4S/c1-26-16-7-4-14(5-8-16)13-25-19(22)15-6-9-17(18(12-15)21(23)24)20-10-2-3-11-20/h4-9,12H,2-3,10-11,13H2,1H3. The third-order valence-electron chi connectivity index (χ3n) is 4.38. The number of nitrogens with zero attached hydrogens (tertiary/aromatic N) is 2. The number of hydrogen-bond donors (Lipinski definition) is 0. The number of ether oxygens (including phenoxy) is 1. The molecule has 0 radical (unpaired) electrons. The summed E-state index contributed by atoms with van der Waals surface area (Å²) in [6, 6.07) is 12.3. The summed E-state index contributed by atoms with van der Waals surface area (Å²) in [5.74, 6) is -0.560. The third kappa shape index (κ3) is 4.16. The fraction of sp³-hybridized carbons (Fsp3) is 0.316. The fourth-order valence-electron chi connectivity index (χ4n) is 2.98. The van der Waals surface area contributed by atoms with Crippen LogP contribution in [0.4, 0.5) is 11.4 Å². The van der Waals surface area contributed by atoms with E-state index in [-0.39, 0.29) is 17.9 Å². The van der Waals surface area contributed by atoms with Gasteiger partial charge in [-0.2, -0.15) is 0 Å². The number of nitro groups is 1. The summed E-state index contributed by atoms with van der Waals surface area (Å²) in [5.41, 5.74) is 1.59. The van der Waals surface area contributed by atoms with Gasteiger partial charge in [0.05, 0.1) is 10.5 Å². The van der Waals surface area contributed by atoms with E-state index in [1.165, 1.54) is 6.07 Å². The van der Waals surface area contributed by atoms with E-state index in [2.05, 4.69) is 0 Å². The Bertz CT molecular complexity index is 802. The maximum Gasteiger partial charge on any atom is 0.338 e. The normalized spacial score (nSPS) is 13.7. The first-order valence-electron chi connectivity index (χ1n) is 8.42. The summed E-state index contributed by atoms with van der Waals surface area (Å²) >= 11 is 1.64. The van der Waals surface area contributed by atoms with Gasteiger partial charge in [-0.25, -0.2) is 4.79 Å². The highest BCUT2D eigenvalue weighted by Gasteiger charge is 2.24. The molecule has 7 heteroatoms. The summed E-state index contributed by atoms with van der Waals surface area (Å²) in [7, 11) is 0. The molecule has 0 bridgehead atoms. The highest BCUT2D eigenvalue weighted by atomic mass is 32.2. The van der Waals surface area contributed by atoms with Gasteiger partial charge < -0.3 is 9.64 Å². The quantitative estimate of drug-likeness (QED) is 0.326. The lowest BCUT2D eigenvalue weighted by Gasteiger charge is -2.17. The smallest absolute Gasteiger partial charge is 0.338 e. The minimum atomic E-state index is -0.560. The number of hydrogen-bond acceptors (Lipinski definition) is 6. The molecule has 0 aromatic heterocycles. The van der Waals surface area contributed by atoms with Gasteiger partial charge in [0.1, 0.15) is 12.3 Å². The van der Waals surface area contributed by atoms with Gasteiger partial charge in [0.25, 0.3) is 5.69 Å². The average molecular weight is 372 g/mol. The number of benzene rings is 2. The molecule has 0 saturated carbocycles. The van der Waals surface area contributed by atoms with Crippen LogP contribution >= 0.6 is 11.8 Å². The van der Waals surface area contributed by atoms with Gasteiger partial charge in [-0.3, -0.25) is 10.1 Å². The number of anilines is 1. The number of carbonyl (C=O) groups excluding carboxylic acids is 1. The van der Waals surface area contributed by atoms with Crippen molar-refractivity contribution in [3.63, 3.8) is 0 Å². The van der Waals surface area contributed by atoms with Crippen molar-refractivity contribution in [2.75, 3.05) is 24.2 Å². The first-order chi connectivity index (χ1) is 12.6. The van der Waals surface area contributed by atoms with E-state index in [1.54, 1.807) is 23.9 Å². The molecule has 3 rings (SSSR count). The van der Waals surface area contributed by atoms with E-state index >= 15 is 0 Å². The first-order valence-corrected chi connectivity index (χ1v) is 9.64. The van der Waals surface area contributed by atoms with E-state index in [0.29, 0.717) is 5.69 Å². The SMILES string of the molecule is CSc1ccc(COC(=O)c2ccc(N3CCCC3)c([N+](=O)[O-])c2)cc1. The minimum absolute atomic E-state index is 0.0503. The topological polar surface area (TPSA) is 72.7 Å². The van der Waals surface area contributed by atoms with Crippen molar-refractivity contribution >= 4 is 29.1 Å². The zero-order valence-corrected chi connectivity index (χ0v) is 15.3. The number of rotatable bonds is 6. The van der Waals surface area contributed by atoms with Gasteiger partial charge in [0.15, 0.2) is 0 Å². The third-order valence-corrected chi connectivity index (χ3v) is 5.13. The van der Waals surface area contributed by atoms with Crippen LogP contribution in [0.15, 0.2) is 47.4 Å². The second-order valence-electron chi connectivity index (χ2n) is 6.08. The lowest BCUT2D eigenvalue weighted by molar-refractivity contribution is -0.384. The van der Waals surface area contributed by atoms with Crippen molar-refractivity contribution in [3.8, 4) is 0 Å². The fourth-order valence-corrected chi connectivity index (χ4v) is 3.38. The van der Waals surface area contributed by atoms with Gasteiger partial charge in [0, 0.05) is 24.1 Å². The van der Waals surface area contributed by atoms with E-state index in [1.807, 2.05) is 35.4 Å². The van der Waals surface area contributed by atoms with Crippen LogP contribution in [-0.2, 0) is 11.3 Å².